The van der Waals surface area contributed by atoms with Crippen molar-refractivity contribution in [2.45, 2.75) is 46.0 Å². The van der Waals surface area contributed by atoms with Crippen molar-refractivity contribution in [3.05, 3.63) is 13.8 Å². The molecule has 8 heteroatoms. The fraction of sp³-hybridized carbons (Fsp3) is 0.688. The second kappa shape index (κ2) is 8.00. The van der Waals surface area contributed by atoms with Gasteiger partial charge < -0.3 is 13.8 Å². The van der Waals surface area contributed by atoms with Crippen molar-refractivity contribution in [2.75, 3.05) is 19.6 Å². The lowest BCUT2D eigenvalue weighted by Gasteiger charge is -2.28. The average molecular weight is 436 g/mol. The third-order valence-electron chi connectivity index (χ3n) is 4.38. The highest BCUT2D eigenvalue weighted by Gasteiger charge is 2.30. The van der Waals surface area contributed by atoms with Crippen molar-refractivity contribution < 1.29 is 18.3 Å². The third kappa shape index (κ3) is 3.96. The number of thiazole rings is 1. The van der Waals surface area contributed by atoms with E-state index < -0.39 is 7.60 Å². The molecule has 1 aromatic heterocycles. The average Bonchev–Trinajstić information content (AvgIpc) is 2.95. The van der Waals surface area contributed by atoms with E-state index in [0.717, 1.165) is 32.4 Å². The first-order chi connectivity index (χ1) is 11.6. The van der Waals surface area contributed by atoms with Crippen molar-refractivity contribution in [3.8, 4) is 0 Å². The largest absolute Gasteiger partial charge is 0.484 e. The summed E-state index contributed by atoms with van der Waals surface area (Å²) in [6.07, 6.45) is 5.60. The maximum Gasteiger partial charge on any atom is 0.367 e. The van der Waals surface area contributed by atoms with Gasteiger partial charge in [-0.15, -0.1) is 11.3 Å². The van der Waals surface area contributed by atoms with Gasteiger partial charge in [0, 0.05) is 6.42 Å². The van der Waals surface area contributed by atoms with Crippen LogP contribution in [0.25, 0.3) is 11.3 Å². The maximum atomic E-state index is 12.6. The molecule has 0 bridgehead atoms. The predicted molar refractivity (Wildman–Crippen MR) is 99.3 cm³/mol. The molecule has 5 nitrogen and oxygen atoms in total. The zero-order chi connectivity index (χ0) is 17.2. The SMILES string of the molecule is CCOP(=O)(COC1=c2sc(Br)nc2=C2CCCCC2C1)OCC. The first-order valence-corrected chi connectivity index (χ1v) is 11.8. The van der Waals surface area contributed by atoms with Crippen molar-refractivity contribution in [1.29, 1.82) is 0 Å². The van der Waals surface area contributed by atoms with Crippen LogP contribution in [0.15, 0.2) is 3.92 Å². The Hall–Kier alpha value is -0.200. The number of fused-ring (bicyclic) bond motifs is 2. The Morgan fingerprint density at radius 2 is 2.04 bits per heavy atom. The molecule has 1 unspecified atom stereocenters. The summed E-state index contributed by atoms with van der Waals surface area (Å²) in [6.45, 7) is 4.30. The van der Waals surface area contributed by atoms with E-state index >= 15 is 0 Å². The summed E-state index contributed by atoms with van der Waals surface area (Å²) in [6, 6.07) is 0. The molecule has 0 spiro atoms. The van der Waals surface area contributed by atoms with E-state index in [1.807, 2.05) is 0 Å². The Bertz CT molecular complexity index is 753. The minimum absolute atomic E-state index is 0.0406. The molecule has 134 valence electrons. The lowest BCUT2D eigenvalue weighted by Crippen LogP contribution is -2.35. The summed E-state index contributed by atoms with van der Waals surface area (Å²) in [5.74, 6) is 1.37. The number of rotatable bonds is 7. The highest BCUT2D eigenvalue weighted by molar-refractivity contribution is 9.11. The fourth-order valence-electron chi connectivity index (χ4n) is 3.43. The first kappa shape index (κ1) is 18.6. The molecule has 0 aliphatic heterocycles. The van der Waals surface area contributed by atoms with Gasteiger partial charge in [-0.25, -0.2) is 4.98 Å². The number of aromatic nitrogens is 1. The van der Waals surface area contributed by atoms with Crippen LogP contribution in [0.5, 0.6) is 0 Å². The molecule has 3 rings (SSSR count). The molecule has 0 aromatic carbocycles. The smallest absolute Gasteiger partial charge is 0.367 e. The summed E-state index contributed by atoms with van der Waals surface area (Å²) in [5.41, 5.74) is 1.46. The highest BCUT2D eigenvalue weighted by atomic mass is 79.9. The zero-order valence-electron chi connectivity index (χ0n) is 14.0. The summed E-state index contributed by atoms with van der Waals surface area (Å²) in [5, 5.41) is 1.07. The van der Waals surface area contributed by atoms with E-state index in [-0.39, 0.29) is 6.35 Å². The lowest BCUT2D eigenvalue weighted by molar-refractivity contribution is 0.185. The standard InChI is InChI=1S/C16H23BrNO4PS/c1-3-21-23(19,22-4-2)10-20-13-9-11-7-5-6-8-12(11)14-15(13)24-16(17)18-14/h11H,3-10H2,1-2H3. The topological polar surface area (TPSA) is 57.7 Å². The molecule has 2 aliphatic rings. The molecule has 0 N–H and O–H groups in total. The number of ether oxygens (including phenoxy) is 1. The lowest BCUT2D eigenvalue weighted by atomic mass is 9.80. The molecular weight excluding hydrogens is 413 g/mol. The van der Waals surface area contributed by atoms with Crippen LogP contribution in [0.3, 0.4) is 0 Å². The Kier molecular flexibility index (Phi) is 6.20. The highest BCUT2D eigenvalue weighted by Crippen LogP contribution is 2.49. The first-order valence-electron chi connectivity index (χ1n) is 8.46. The zero-order valence-corrected chi connectivity index (χ0v) is 17.3. The van der Waals surface area contributed by atoms with Gasteiger partial charge in [0.25, 0.3) is 0 Å². The maximum absolute atomic E-state index is 12.6. The number of halogens is 1. The van der Waals surface area contributed by atoms with E-state index in [1.54, 1.807) is 25.2 Å². The fourth-order valence-corrected chi connectivity index (χ4v) is 6.25. The molecular formula is C16H23BrNO4PS. The summed E-state index contributed by atoms with van der Waals surface area (Å²) >= 11 is 5.08. The monoisotopic (exact) mass is 435 g/mol. The van der Waals surface area contributed by atoms with Gasteiger partial charge in [0.1, 0.15) is 5.76 Å². The molecule has 1 atom stereocenters. The number of hydrogen-bond donors (Lipinski definition) is 0. The van der Waals surface area contributed by atoms with Crippen molar-refractivity contribution in [1.82, 2.24) is 4.98 Å². The molecule has 1 saturated carbocycles. The molecule has 0 radical (unpaired) electrons. The number of nitrogens with zero attached hydrogens (tertiary/aromatic N) is 1. The molecule has 1 fully saturated rings. The van der Waals surface area contributed by atoms with E-state index in [9.17, 15) is 4.57 Å². The van der Waals surface area contributed by atoms with E-state index in [0.29, 0.717) is 19.1 Å². The molecule has 1 heterocycles. The van der Waals surface area contributed by atoms with Crippen LogP contribution in [-0.4, -0.2) is 24.5 Å². The van der Waals surface area contributed by atoms with Gasteiger partial charge in [-0.1, -0.05) is 6.42 Å². The minimum atomic E-state index is -3.20. The third-order valence-corrected chi connectivity index (χ3v) is 7.68. The molecule has 2 aliphatic carbocycles. The Morgan fingerprint density at radius 1 is 1.29 bits per heavy atom. The van der Waals surface area contributed by atoms with Crippen LogP contribution >= 0.6 is 34.9 Å². The van der Waals surface area contributed by atoms with Crippen LogP contribution in [0, 0.1) is 5.92 Å². The summed E-state index contributed by atoms with van der Waals surface area (Å²) in [4.78, 5) is 4.67. The molecule has 1 aromatic rings. The van der Waals surface area contributed by atoms with Crippen LogP contribution < -0.4 is 9.88 Å². The normalized spacial score (nSPS) is 20.7. The van der Waals surface area contributed by atoms with E-state index in [4.69, 9.17) is 13.8 Å². The second-order valence-corrected chi connectivity index (χ2v) is 10.2. The molecule has 24 heavy (non-hydrogen) atoms. The minimum Gasteiger partial charge on any atom is -0.484 e. The van der Waals surface area contributed by atoms with E-state index in [1.165, 1.54) is 24.8 Å². The van der Waals surface area contributed by atoms with Gasteiger partial charge in [-0.3, -0.25) is 4.57 Å². The number of hydrogen-bond acceptors (Lipinski definition) is 6. The van der Waals surface area contributed by atoms with Crippen LogP contribution in [0.4, 0.5) is 0 Å². The summed E-state index contributed by atoms with van der Waals surface area (Å²) in [7, 11) is -3.20. The van der Waals surface area contributed by atoms with Crippen LogP contribution in [0.1, 0.15) is 46.0 Å². The Balaban J connectivity index is 1.91. The second-order valence-electron chi connectivity index (χ2n) is 5.96. The van der Waals surface area contributed by atoms with Gasteiger partial charge in [0.2, 0.25) is 0 Å². The van der Waals surface area contributed by atoms with Crippen molar-refractivity contribution in [2.24, 2.45) is 5.92 Å². The van der Waals surface area contributed by atoms with Gasteiger partial charge >= 0.3 is 7.60 Å². The Morgan fingerprint density at radius 3 is 2.75 bits per heavy atom. The van der Waals surface area contributed by atoms with Gasteiger partial charge in [0.05, 0.1) is 23.1 Å². The van der Waals surface area contributed by atoms with Gasteiger partial charge in [-0.2, -0.15) is 0 Å². The Labute approximate surface area is 154 Å². The van der Waals surface area contributed by atoms with Crippen LogP contribution in [0.2, 0.25) is 0 Å². The van der Waals surface area contributed by atoms with Gasteiger partial charge in [0.15, 0.2) is 10.3 Å². The quantitative estimate of drug-likeness (QED) is 0.605. The van der Waals surface area contributed by atoms with Crippen LogP contribution in [-0.2, 0) is 18.3 Å². The summed E-state index contributed by atoms with van der Waals surface area (Å²) < 4.78 is 31.2. The molecule has 0 saturated heterocycles. The van der Waals surface area contributed by atoms with Crippen molar-refractivity contribution >= 4 is 46.2 Å². The predicted octanol–water partition coefficient (Wildman–Crippen LogP) is 4.00. The van der Waals surface area contributed by atoms with E-state index in [2.05, 4.69) is 20.9 Å². The van der Waals surface area contributed by atoms with Gasteiger partial charge in [-0.05, 0) is 60.5 Å². The van der Waals surface area contributed by atoms with Crippen molar-refractivity contribution in [3.63, 3.8) is 0 Å². The molecule has 0 amide bonds.